The van der Waals surface area contributed by atoms with Gasteiger partial charge in [-0.05, 0) is 24.5 Å². The van der Waals surface area contributed by atoms with Gasteiger partial charge in [-0.1, -0.05) is 24.3 Å². The Kier molecular flexibility index (Phi) is 3.54. The predicted octanol–water partition coefficient (Wildman–Crippen LogP) is 2.54. The van der Waals surface area contributed by atoms with E-state index in [0.717, 1.165) is 16.8 Å². The SMILES string of the molecule is Cc1ncsc1CN[C@H]1c2ccccc2C[C@H]1C(=O)O. The van der Waals surface area contributed by atoms with E-state index in [4.69, 9.17) is 0 Å². The Hall–Kier alpha value is -1.72. The highest BCUT2D eigenvalue weighted by Crippen LogP contribution is 2.36. The Morgan fingerprint density at radius 2 is 2.30 bits per heavy atom. The molecule has 1 aliphatic rings. The molecule has 0 aliphatic heterocycles. The first-order valence-electron chi connectivity index (χ1n) is 6.59. The van der Waals surface area contributed by atoms with Crippen molar-refractivity contribution >= 4 is 17.3 Å². The van der Waals surface area contributed by atoms with Crippen molar-refractivity contribution in [2.75, 3.05) is 0 Å². The third-order valence-corrected chi connectivity index (χ3v) is 4.81. The Morgan fingerprint density at radius 1 is 1.50 bits per heavy atom. The van der Waals surface area contributed by atoms with Gasteiger partial charge in [-0.3, -0.25) is 4.79 Å². The van der Waals surface area contributed by atoms with Crippen LogP contribution < -0.4 is 5.32 Å². The summed E-state index contributed by atoms with van der Waals surface area (Å²) in [5.41, 5.74) is 5.09. The van der Waals surface area contributed by atoms with E-state index < -0.39 is 5.97 Å². The fourth-order valence-corrected chi connectivity index (χ4v) is 3.50. The van der Waals surface area contributed by atoms with Crippen LogP contribution in [-0.2, 0) is 17.8 Å². The number of thiazole rings is 1. The summed E-state index contributed by atoms with van der Waals surface area (Å²) >= 11 is 1.60. The van der Waals surface area contributed by atoms with Gasteiger partial charge in [0, 0.05) is 17.5 Å². The Balaban J connectivity index is 1.82. The van der Waals surface area contributed by atoms with Crippen LogP contribution >= 0.6 is 11.3 Å². The van der Waals surface area contributed by atoms with Gasteiger partial charge in [0.15, 0.2) is 0 Å². The number of nitrogens with zero attached hydrogens (tertiary/aromatic N) is 1. The zero-order valence-electron chi connectivity index (χ0n) is 11.2. The molecular formula is C15H16N2O2S. The molecule has 20 heavy (non-hydrogen) atoms. The molecule has 2 aromatic rings. The van der Waals surface area contributed by atoms with Crippen LogP contribution in [0.1, 0.15) is 27.7 Å². The summed E-state index contributed by atoms with van der Waals surface area (Å²) in [6.45, 7) is 2.64. The van der Waals surface area contributed by atoms with E-state index in [2.05, 4.69) is 10.3 Å². The minimum Gasteiger partial charge on any atom is -0.481 e. The van der Waals surface area contributed by atoms with Gasteiger partial charge < -0.3 is 10.4 Å². The zero-order chi connectivity index (χ0) is 14.1. The van der Waals surface area contributed by atoms with Crippen LogP contribution in [0.4, 0.5) is 0 Å². The van der Waals surface area contributed by atoms with Gasteiger partial charge in [0.1, 0.15) is 0 Å². The van der Waals surface area contributed by atoms with E-state index in [9.17, 15) is 9.90 Å². The molecule has 4 nitrogen and oxygen atoms in total. The van der Waals surface area contributed by atoms with E-state index in [0.29, 0.717) is 13.0 Å². The van der Waals surface area contributed by atoms with Crippen LogP contribution in [0, 0.1) is 12.8 Å². The normalized spacial score (nSPS) is 20.9. The van der Waals surface area contributed by atoms with Gasteiger partial charge in [0.05, 0.1) is 17.1 Å². The average Bonchev–Trinajstić information content (AvgIpc) is 3.00. The highest BCUT2D eigenvalue weighted by Gasteiger charge is 2.36. The number of carbonyl (C=O) groups is 1. The second-order valence-corrected chi connectivity index (χ2v) is 6.01. The van der Waals surface area contributed by atoms with Crippen LogP contribution in [0.15, 0.2) is 29.8 Å². The molecule has 0 bridgehead atoms. The smallest absolute Gasteiger partial charge is 0.308 e. The number of rotatable bonds is 4. The number of nitrogens with one attached hydrogen (secondary N) is 1. The van der Waals surface area contributed by atoms with Crippen LogP contribution in [0.2, 0.25) is 0 Å². The number of carboxylic acids is 1. The first-order valence-corrected chi connectivity index (χ1v) is 7.47. The van der Waals surface area contributed by atoms with Crippen LogP contribution in [0.3, 0.4) is 0 Å². The molecular weight excluding hydrogens is 272 g/mol. The molecule has 0 fully saturated rings. The first-order chi connectivity index (χ1) is 9.66. The zero-order valence-corrected chi connectivity index (χ0v) is 12.0. The lowest BCUT2D eigenvalue weighted by atomic mass is 10.0. The molecule has 1 aromatic carbocycles. The molecule has 104 valence electrons. The molecule has 0 spiro atoms. The molecule has 0 saturated carbocycles. The maximum Gasteiger partial charge on any atom is 0.308 e. The second-order valence-electron chi connectivity index (χ2n) is 5.07. The van der Waals surface area contributed by atoms with Crippen LogP contribution in [-0.4, -0.2) is 16.1 Å². The van der Waals surface area contributed by atoms with E-state index in [-0.39, 0.29) is 12.0 Å². The summed E-state index contributed by atoms with van der Waals surface area (Å²) in [7, 11) is 0. The van der Waals surface area contributed by atoms with Crippen molar-refractivity contribution in [1.82, 2.24) is 10.3 Å². The number of benzene rings is 1. The molecule has 0 radical (unpaired) electrons. The molecule has 5 heteroatoms. The molecule has 1 heterocycles. The highest BCUT2D eigenvalue weighted by atomic mass is 32.1. The lowest BCUT2D eigenvalue weighted by molar-refractivity contribution is -0.142. The molecule has 2 N–H and O–H groups in total. The number of hydrogen-bond acceptors (Lipinski definition) is 4. The third kappa shape index (κ3) is 2.34. The number of aliphatic carboxylic acids is 1. The topological polar surface area (TPSA) is 62.2 Å². The Morgan fingerprint density at radius 3 is 3.00 bits per heavy atom. The minimum atomic E-state index is -0.736. The molecule has 0 saturated heterocycles. The van der Waals surface area contributed by atoms with Gasteiger partial charge in [0.25, 0.3) is 0 Å². The fraction of sp³-hybridized carbons (Fsp3) is 0.333. The molecule has 2 atom stereocenters. The number of carboxylic acid groups (broad SMARTS) is 1. The van der Waals surface area contributed by atoms with Crippen molar-refractivity contribution in [2.24, 2.45) is 5.92 Å². The number of aryl methyl sites for hydroxylation is 1. The van der Waals surface area contributed by atoms with Crippen molar-refractivity contribution in [2.45, 2.75) is 25.9 Å². The molecule has 1 aliphatic carbocycles. The molecule has 3 rings (SSSR count). The third-order valence-electron chi connectivity index (χ3n) is 3.88. The van der Waals surface area contributed by atoms with Crippen molar-refractivity contribution in [3.05, 3.63) is 51.5 Å². The van der Waals surface area contributed by atoms with Crippen LogP contribution in [0.5, 0.6) is 0 Å². The van der Waals surface area contributed by atoms with Crippen LogP contribution in [0.25, 0.3) is 0 Å². The van der Waals surface area contributed by atoms with Crippen molar-refractivity contribution < 1.29 is 9.90 Å². The largest absolute Gasteiger partial charge is 0.481 e. The second kappa shape index (κ2) is 5.34. The van der Waals surface area contributed by atoms with Gasteiger partial charge in [-0.2, -0.15) is 0 Å². The number of hydrogen-bond donors (Lipinski definition) is 2. The van der Waals surface area contributed by atoms with E-state index in [1.54, 1.807) is 11.3 Å². The Labute approximate surface area is 121 Å². The molecule has 0 unspecified atom stereocenters. The standard InChI is InChI=1S/C15H16N2O2S/c1-9-13(20-8-17-9)7-16-14-11-5-3-2-4-10(11)6-12(14)15(18)19/h2-5,8,12,14,16H,6-7H2,1H3,(H,18,19)/t12-,14+/m1/s1. The summed E-state index contributed by atoms with van der Waals surface area (Å²) in [5.74, 6) is -1.12. The minimum absolute atomic E-state index is 0.120. The average molecular weight is 288 g/mol. The van der Waals surface area contributed by atoms with Crippen molar-refractivity contribution in [1.29, 1.82) is 0 Å². The Bertz CT molecular complexity index is 638. The van der Waals surface area contributed by atoms with Gasteiger partial charge in [-0.15, -0.1) is 11.3 Å². The van der Waals surface area contributed by atoms with Gasteiger partial charge in [-0.25, -0.2) is 4.98 Å². The summed E-state index contributed by atoms with van der Waals surface area (Å²) in [6.07, 6.45) is 0.602. The number of aromatic nitrogens is 1. The number of fused-ring (bicyclic) bond motifs is 1. The summed E-state index contributed by atoms with van der Waals surface area (Å²) in [6, 6.07) is 7.86. The van der Waals surface area contributed by atoms with E-state index in [1.807, 2.05) is 36.7 Å². The first kappa shape index (κ1) is 13.3. The van der Waals surface area contributed by atoms with E-state index >= 15 is 0 Å². The maximum absolute atomic E-state index is 11.5. The maximum atomic E-state index is 11.5. The van der Waals surface area contributed by atoms with Crippen molar-refractivity contribution in [3.8, 4) is 0 Å². The summed E-state index contributed by atoms with van der Waals surface area (Å²) < 4.78 is 0. The lowest BCUT2D eigenvalue weighted by Gasteiger charge is -2.18. The summed E-state index contributed by atoms with van der Waals surface area (Å²) in [5, 5.41) is 12.8. The van der Waals surface area contributed by atoms with Gasteiger partial charge >= 0.3 is 5.97 Å². The highest BCUT2D eigenvalue weighted by molar-refractivity contribution is 7.09. The fourth-order valence-electron chi connectivity index (χ4n) is 2.78. The monoisotopic (exact) mass is 288 g/mol. The molecule has 0 amide bonds. The lowest BCUT2D eigenvalue weighted by Crippen LogP contribution is -2.29. The van der Waals surface area contributed by atoms with Gasteiger partial charge in [0.2, 0.25) is 0 Å². The quantitative estimate of drug-likeness (QED) is 0.907. The molecule has 1 aromatic heterocycles. The van der Waals surface area contributed by atoms with Crippen molar-refractivity contribution in [3.63, 3.8) is 0 Å². The summed E-state index contributed by atoms with van der Waals surface area (Å²) in [4.78, 5) is 16.8. The predicted molar refractivity (Wildman–Crippen MR) is 77.7 cm³/mol. The van der Waals surface area contributed by atoms with E-state index in [1.165, 1.54) is 4.88 Å².